The Bertz CT molecular complexity index is 198. The van der Waals surface area contributed by atoms with Gasteiger partial charge in [0.2, 0.25) is 0 Å². The average Bonchev–Trinajstić information content (AvgIpc) is 2.58. The van der Waals surface area contributed by atoms with Gasteiger partial charge in [0.15, 0.2) is 0 Å². The van der Waals surface area contributed by atoms with E-state index in [4.69, 9.17) is 5.11 Å². The molecule has 3 heteroatoms. The number of rotatable bonds is 3. The van der Waals surface area contributed by atoms with Crippen LogP contribution < -0.4 is 0 Å². The topological polar surface area (TPSA) is 26.7 Å². The molecule has 2 aliphatic heterocycles. The van der Waals surface area contributed by atoms with Gasteiger partial charge in [-0.3, -0.25) is 4.90 Å². The van der Waals surface area contributed by atoms with Crippen LogP contribution in [0.2, 0.25) is 0 Å². The molecule has 0 saturated carbocycles. The molecule has 15 heavy (non-hydrogen) atoms. The van der Waals surface area contributed by atoms with Crippen molar-refractivity contribution in [1.82, 2.24) is 9.80 Å². The molecule has 0 aliphatic carbocycles. The Morgan fingerprint density at radius 2 is 2.07 bits per heavy atom. The predicted octanol–water partition coefficient (Wildman–Crippen LogP) is 0.785. The minimum absolute atomic E-state index is 0.324. The van der Waals surface area contributed by atoms with E-state index in [-0.39, 0.29) is 0 Å². The zero-order valence-corrected chi connectivity index (χ0v) is 9.86. The molecule has 0 spiro atoms. The van der Waals surface area contributed by atoms with Crippen LogP contribution in [0.15, 0.2) is 0 Å². The van der Waals surface area contributed by atoms with Gasteiger partial charge in [-0.2, -0.15) is 0 Å². The summed E-state index contributed by atoms with van der Waals surface area (Å²) in [6, 6.07) is 0.804. The third kappa shape index (κ3) is 2.92. The van der Waals surface area contributed by atoms with Crippen molar-refractivity contribution in [3.63, 3.8) is 0 Å². The summed E-state index contributed by atoms with van der Waals surface area (Å²) in [6.45, 7) is 8.58. The van der Waals surface area contributed by atoms with Crippen LogP contribution >= 0.6 is 0 Å². The van der Waals surface area contributed by atoms with Crippen LogP contribution in [-0.4, -0.2) is 60.3 Å². The van der Waals surface area contributed by atoms with Crippen molar-refractivity contribution in [3.8, 4) is 0 Å². The average molecular weight is 212 g/mol. The van der Waals surface area contributed by atoms with E-state index >= 15 is 0 Å². The Kier molecular flexibility index (Phi) is 4.00. The van der Waals surface area contributed by atoms with Crippen LogP contribution in [0.4, 0.5) is 0 Å². The lowest BCUT2D eigenvalue weighted by molar-refractivity contribution is 0.162. The standard InChI is InChI=1S/C12H24N2O/c1-11(10-15)8-13-5-3-7-14-6-2-4-12(14)9-13/h11-12,15H,2-10H2,1H3. The quantitative estimate of drug-likeness (QED) is 0.749. The Balaban J connectivity index is 1.85. The second-order valence-electron chi connectivity index (χ2n) is 5.23. The highest BCUT2D eigenvalue weighted by atomic mass is 16.3. The van der Waals surface area contributed by atoms with E-state index in [1.165, 1.54) is 45.4 Å². The van der Waals surface area contributed by atoms with Crippen LogP contribution in [0.3, 0.4) is 0 Å². The third-order valence-electron chi connectivity index (χ3n) is 3.77. The van der Waals surface area contributed by atoms with Crippen molar-refractivity contribution in [2.45, 2.75) is 32.2 Å². The zero-order chi connectivity index (χ0) is 10.7. The van der Waals surface area contributed by atoms with Crippen LogP contribution in [-0.2, 0) is 0 Å². The molecule has 2 rings (SSSR count). The molecule has 0 aromatic rings. The fourth-order valence-electron chi connectivity index (χ4n) is 2.95. The summed E-state index contributed by atoms with van der Waals surface area (Å²) in [7, 11) is 0. The summed E-state index contributed by atoms with van der Waals surface area (Å²) in [4.78, 5) is 5.21. The second-order valence-corrected chi connectivity index (χ2v) is 5.23. The smallest absolute Gasteiger partial charge is 0.0468 e. The van der Waals surface area contributed by atoms with Gasteiger partial charge in [0.05, 0.1) is 0 Å². The summed E-state index contributed by atoms with van der Waals surface area (Å²) >= 11 is 0. The van der Waals surface area contributed by atoms with E-state index in [2.05, 4.69) is 16.7 Å². The molecule has 2 atom stereocenters. The van der Waals surface area contributed by atoms with Crippen molar-refractivity contribution in [1.29, 1.82) is 0 Å². The Hall–Kier alpha value is -0.120. The molecule has 0 aromatic heterocycles. The summed E-state index contributed by atoms with van der Waals surface area (Å²) in [5, 5.41) is 9.09. The lowest BCUT2D eigenvalue weighted by atomic mass is 10.1. The fourth-order valence-corrected chi connectivity index (χ4v) is 2.95. The first-order valence-electron chi connectivity index (χ1n) is 6.37. The van der Waals surface area contributed by atoms with Crippen molar-refractivity contribution in [2.75, 3.05) is 39.3 Å². The maximum atomic E-state index is 9.09. The van der Waals surface area contributed by atoms with Crippen molar-refractivity contribution in [2.24, 2.45) is 5.92 Å². The minimum Gasteiger partial charge on any atom is -0.396 e. The van der Waals surface area contributed by atoms with Crippen LogP contribution in [0.1, 0.15) is 26.2 Å². The zero-order valence-electron chi connectivity index (χ0n) is 9.86. The number of aliphatic hydroxyl groups excluding tert-OH is 1. The molecular formula is C12H24N2O. The molecule has 3 nitrogen and oxygen atoms in total. The summed E-state index contributed by atoms with van der Waals surface area (Å²) in [6.07, 6.45) is 4.06. The molecular weight excluding hydrogens is 188 g/mol. The highest BCUT2D eigenvalue weighted by Gasteiger charge is 2.28. The molecule has 0 radical (unpaired) electrons. The van der Waals surface area contributed by atoms with Crippen molar-refractivity contribution in [3.05, 3.63) is 0 Å². The van der Waals surface area contributed by atoms with E-state index in [1.807, 2.05) is 0 Å². The van der Waals surface area contributed by atoms with E-state index in [9.17, 15) is 0 Å². The number of hydrogen-bond donors (Lipinski definition) is 1. The van der Waals surface area contributed by atoms with Gasteiger partial charge in [0.1, 0.15) is 0 Å². The Labute approximate surface area is 93.1 Å². The van der Waals surface area contributed by atoms with Gasteiger partial charge in [-0.1, -0.05) is 6.92 Å². The van der Waals surface area contributed by atoms with Gasteiger partial charge < -0.3 is 10.0 Å². The fraction of sp³-hybridized carbons (Fsp3) is 1.00. The largest absolute Gasteiger partial charge is 0.396 e. The van der Waals surface area contributed by atoms with Gasteiger partial charge in [-0.05, 0) is 44.8 Å². The molecule has 2 unspecified atom stereocenters. The number of fused-ring (bicyclic) bond motifs is 1. The van der Waals surface area contributed by atoms with E-state index in [0.717, 1.165) is 12.6 Å². The summed E-state index contributed by atoms with van der Waals surface area (Å²) in [5.74, 6) is 0.429. The van der Waals surface area contributed by atoms with Crippen LogP contribution in [0.5, 0.6) is 0 Å². The highest BCUT2D eigenvalue weighted by Crippen LogP contribution is 2.21. The molecule has 1 N–H and O–H groups in total. The first-order valence-corrected chi connectivity index (χ1v) is 6.37. The molecule has 2 fully saturated rings. The number of hydrogen-bond acceptors (Lipinski definition) is 3. The van der Waals surface area contributed by atoms with E-state index < -0.39 is 0 Å². The Morgan fingerprint density at radius 3 is 2.87 bits per heavy atom. The normalized spacial score (nSPS) is 31.2. The van der Waals surface area contributed by atoms with E-state index in [1.54, 1.807) is 0 Å². The molecule has 2 saturated heterocycles. The first-order chi connectivity index (χ1) is 7.29. The van der Waals surface area contributed by atoms with Crippen molar-refractivity contribution < 1.29 is 5.11 Å². The molecule has 88 valence electrons. The third-order valence-corrected chi connectivity index (χ3v) is 3.77. The lowest BCUT2D eigenvalue weighted by Gasteiger charge is -2.27. The molecule has 0 bridgehead atoms. The van der Waals surface area contributed by atoms with Crippen LogP contribution in [0, 0.1) is 5.92 Å². The maximum absolute atomic E-state index is 9.09. The molecule has 2 aliphatic rings. The number of aliphatic hydroxyl groups is 1. The second kappa shape index (κ2) is 5.28. The van der Waals surface area contributed by atoms with Gasteiger partial charge in [-0.25, -0.2) is 0 Å². The van der Waals surface area contributed by atoms with Gasteiger partial charge in [0.25, 0.3) is 0 Å². The maximum Gasteiger partial charge on any atom is 0.0468 e. The number of nitrogens with zero attached hydrogens (tertiary/aromatic N) is 2. The molecule has 2 heterocycles. The summed E-state index contributed by atoms with van der Waals surface area (Å²) in [5.41, 5.74) is 0. The SMILES string of the molecule is CC(CO)CN1CCCN2CCCC2C1. The lowest BCUT2D eigenvalue weighted by Crippen LogP contribution is -2.38. The van der Waals surface area contributed by atoms with Crippen LogP contribution in [0.25, 0.3) is 0 Å². The molecule has 0 amide bonds. The first kappa shape index (κ1) is 11.4. The van der Waals surface area contributed by atoms with Gasteiger partial charge in [0, 0.05) is 25.7 Å². The monoisotopic (exact) mass is 212 g/mol. The van der Waals surface area contributed by atoms with Gasteiger partial charge in [-0.15, -0.1) is 0 Å². The van der Waals surface area contributed by atoms with Gasteiger partial charge >= 0.3 is 0 Å². The summed E-state index contributed by atoms with van der Waals surface area (Å²) < 4.78 is 0. The Morgan fingerprint density at radius 1 is 1.27 bits per heavy atom. The highest BCUT2D eigenvalue weighted by molar-refractivity contribution is 4.85. The van der Waals surface area contributed by atoms with E-state index in [0.29, 0.717) is 12.5 Å². The minimum atomic E-state index is 0.324. The molecule has 0 aromatic carbocycles. The predicted molar refractivity (Wildman–Crippen MR) is 61.9 cm³/mol. The van der Waals surface area contributed by atoms with Crippen molar-refractivity contribution >= 4 is 0 Å².